The molecule has 1 atom stereocenters. The minimum absolute atomic E-state index is 0.686. The van der Waals surface area contributed by atoms with E-state index in [2.05, 4.69) is 128 Å². The Hall–Kier alpha value is -6.20. The predicted octanol–water partition coefficient (Wildman–Crippen LogP) is 10.8. The van der Waals surface area contributed by atoms with Crippen LogP contribution in [0.3, 0.4) is 0 Å². The van der Waals surface area contributed by atoms with Gasteiger partial charge in [0.1, 0.15) is 28.3 Å². The largest absolute Gasteiger partial charge is 0.456 e. The van der Waals surface area contributed by atoms with Gasteiger partial charge in [-0.05, 0) is 89.7 Å². The zero-order valence-electron chi connectivity index (χ0n) is 26.9. The minimum atomic E-state index is -0.782. The number of fused-ring (bicyclic) bond motifs is 7. The van der Waals surface area contributed by atoms with Gasteiger partial charge in [0.2, 0.25) is 0 Å². The third kappa shape index (κ3) is 4.54. The van der Waals surface area contributed by atoms with Gasteiger partial charge in [-0.3, -0.25) is 0 Å². The van der Waals surface area contributed by atoms with Crippen molar-refractivity contribution in [2.45, 2.75) is 25.4 Å². The monoisotopic (exact) mass is 633 g/mol. The SMILES string of the molecule is C[C@]1(c2ccc(-c3cccc4oc5c(c34)CCC=C5)cc2)N=C(c2ccc3ccccc3c2)N=C(c2ccc3oc4ccccc4c3c2)N1. The van der Waals surface area contributed by atoms with Crippen LogP contribution >= 0.6 is 0 Å². The van der Waals surface area contributed by atoms with Crippen molar-refractivity contribution in [2.24, 2.45) is 9.98 Å². The smallest absolute Gasteiger partial charge is 0.159 e. The van der Waals surface area contributed by atoms with E-state index >= 15 is 0 Å². The second-order valence-corrected chi connectivity index (χ2v) is 13.1. The second-order valence-electron chi connectivity index (χ2n) is 13.1. The number of hydrogen-bond donors (Lipinski definition) is 1. The van der Waals surface area contributed by atoms with Crippen molar-refractivity contribution >= 4 is 61.4 Å². The highest BCUT2D eigenvalue weighted by Crippen LogP contribution is 2.39. The van der Waals surface area contributed by atoms with E-state index in [0.717, 1.165) is 79.6 Å². The summed E-state index contributed by atoms with van der Waals surface area (Å²) in [5.74, 6) is 2.43. The summed E-state index contributed by atoms with van der Waals surface area (Å²) in [6, 6.07) is 44.4. The lowest BCUT2D eigenvalue weighted by Gasteiger charge is -2.33. The van der Waals surface area contributed by atoms with Crippen molar-refractivity contribution in [1.82, 2.24) is 5.32 Å². The van der Waals surface area contributed by atoms with Crippen LogP contribution in [-0.2, 0) is 12.1 Å². The molecule has 2 aliphatic rings. The molecule has 1 aliphatic heterocycles. The highest BCUT2D eigenvalue weighted by atomic mass is 16.3. The van der Waals surface area contributed by atoms with Gasteiger partial charge in [0.15, 0.2) is 11.5 Å². The topological polar surface area (TPSA) is 63.0 Å². The van der Waals surface area contributed by atoms with E-state index in [1.165, 1.54) is 21.9 Å². The number of hydrogen-bond acceptors (Lipinski definition) is 5. The maximum atomic E-state index is 6.23. The molecule has 5 nitrogen and oxygen atoms in total. The molecule has 8 aromatic rings. The fraction of sp³-hybridized carbons (Fsp3) is 0.0909. The number of nitrogens with one attached hydrogen (secondary N) is 1. The molecule has 1 N–H and O–H groups in total. The summed E-state index contributed by atoms with van der Waals surface area (Å²) >= 11 is 0. The van der Waals surface area contributed by atoms with E-state index in [4.69, 9.17) is 18.8 Å². The summed E-state index contributed by atoms with van der Waals surface area (Å²) in [6.07, 6.45) is 6.32. The Morgan fingerprint density at radius 2 is 1.43 bits per heavy atom. The van der Waals surface area contributed by atoms with Gasteiger partial charge in [-0.15, -0.1) is 0 Å². The van der Waals surface area contributed by atoms with Gasteiger partial charge in [-0.2, -0.15) is 0 Å². The average Bonchev–Trinajstić information content (AvgIpc) is 3.73. The zero-order valence-corrected chi connectivity index (χ0v) is 26.9. The normalized spacial score (nSPS) is 17.3. The quantitative estimate of drug-likeness (QED) is 0.210. The van der Waals surface area contributed by atoms with E-state index < -0.39 is 5.66 Å². The number of para-hydroxylation sites is 1. The average molecular weight is 634 g/mol. The van der Waals surface area contributed by atoms with E-state index in [9.17, 15) is 0 Å². The number of amidine groups is 2. The molecule has 1 aliphatic carbocycles. The molecule has 0 unspecified atom stereocenters. The fourth-order valence-corrected chi connectivity index (χ4v) is 7.48. The summed E-state index contributed by atoms with van der Waals surface area (Å²) in [5, 5.41) is 9.44. The predicted molar refractivity (Wildman–Crippen MR) is 200 cm³/mol. The van der Waals surface area contributed by atoms with Gasteiger partial charge in [-0.1, -0.05) is 97.1 Å². The van der Waals surface area contributed by atoms with Gasteiger partial charge >= 0.3 is 0 Å². The first-order valence-corrected chi connectivity index (χ1v) is 16.8. The molecule has 0 radical (unpaired) electrons. The lowest BCUT2D eigenvalue weighted by molar-refractivity contribution is 0.455. The molecule has 234 valence electrons. The number of allylic oxidation sites excluding steroid dienone is 1. The summed E-state index contributed by atoms with van der Waals surface area (Å²) in [6.45, 7) is 2.13. The molecule has 49 heavy (non-hydrogen) atoms. The summed E-state index contributed by atoms with van der Waals surface area (Å²) < 4.78 is 12.4. The van der Waals surface area contributed by atoms with Crippen LogP contribution < -0.4 is 5.32 Å². The van der Waals surface area contributed by atoms with Crippen LogP contribution in [0.5, 0.6) is 0 Å². The van der Waals surface area contributed by atoms with Crippen molar-refractivity contribution in [2.75, 3.05) is 0 Å². The highest BCUT2D eigenvalue weighted by molar-refractivity contribution is 6.16. The lowest BCUT2D eigenvalue weighted by atomic mass is 9.92. The highest BCUT2D eigenvalue weighted by Gasteiger charge is 2.32. The molecule has 2 aromatic heterocycles. The van der Waals surface area contributed by atoms with E-state index in [0.29, 0.717) is 5.84 Å². The number of nitrogens with zero attached hydrogens (tertiary/aromatic N) is 2. The number of rotatable bonds is 4. The molecule has 0 saturated heterocycles. The molecular formula is C44H31N3O2. The van der Waals surface area contributed by atoms with Crippen molar-refractivity contribution in [1.29, 1.82) is 0 Å². The Bertz CT molecular complexity index is 2710. The van der Waals surface area contributed by atoms with Gasteiger partial charge in [-0.25, -0.2) is 9.98 Å². The molecule has 3 heterocycles. The van der Waals surface area contributed by atoms with Crippen LogP contribution in [-0.4, -0.2) is 11.7 Å². The summed E-state index contributed by atoms with van der Waals surface area (Å²) in [7, 11) is 0. The van der Waals surface area contributed by atoms with Crippen LogP contribution in [0.25, 0.3) is 60.9 Å². The Morgan fingerprint density at radius 3 is 2.35 bits per heavy atom. The van der Waals surface area contributed by atoms with Gasteiger partial charge in [0.25, 0.3) is 0 Å². The number of furan rings is 2. The first-order chi connectivity index (χ1) is 24.1. The third-order valence-corrected chi connectivity index (χ3v) is 10.0. The van der Waals surface area contributed by atoms with E-state index in [-0.39, 0.29) is 0 Å². The standard InChI is InChI=1S/C44H31N3O2/c1-44(32-22-19-28(20-23-32)33-13-8-16-40-41(33)35-12-5-7-15-38(35)49-40)46-42(30-18-17-27-9-2-3-10-29(27)25-30)45-43(47-44)31-21-24-39-36(26-31)34-11-4-6-14-37(34)48-39/h2-4,6-11,13-26H,5,12H2,1H3,(H,45,46,47)/t44-/m0/s1. The molecular weight excluding hydrogens is 603 g/mol. The maximum Gasteiger partial charge on any atom is 0.159 e. The third-order valence-electron chi connectivity index (χ3n) is 10.0. The van der Waals surface area contributed by atoms with Crippen molar-refractivity contribution < 1.29 is 8.83 Å². The lowest BCUT2D eigenvalue weighted by Crippen LogP contribution is -2.46. The van der Waals surface area contributed by atoms with Crippen LogP contribution in [0.2, 0.25) is 0 Å². The molecule has 0 saturated carbocycles. The van der Waals surface area contributed by atoms with Crippen molar-refractivity contribution in [3.8, 4) is 11.1 Å². The Kier molecular flexibility index (Phi) is 6.06. The first-order valence-electron chi connectivity index (χ1n) is 16.8. The first kappa shape index (κ1) is 27.9. The zero-order chi connectivity index (χ0) is 32.5. The Labute approximate surface area is 282 Å². The number of benzene rings is 6. The van der Waals surface area contributed by atoms with Crippen LogP contribution in [0.1, 0.15) is 41.4 Å². The number of aliphatic imine (C=N–C) groups is 2. The van der Waals surface area contributed by atoms with E-state index in [1.54, 1.807) is 0 Å². The molecule has 6 aromatic carbocycles. The van der Waals surface area contributed by atoms with Gasteiger partial charge in [0.05, 0.1) is 0 Å². The Morgan fingerprint density at radius 1 is 0.653 bits per heavy atom. The second kappa shape index (κ2) is 10.7. The molecule has 5 heteroatoms. The number of aryl methyl sites for hydroxylation is 1. The van der Waals surface area contributed by atoms with Gasteiger partial charge < -0.3 is 14.2 Å². The van der Waals surface area contributed by atoms with Crippen LogP contribution in [0, 0.1) is 0 Å². The minimum Gasteiger partial charge on any atom is -0.456 e. The van der Waals surface area contributed by atoms with Crippen molar-refractivity contribution in [3.63, 3.8) is 0 Å². The van der Waals surface area contributed by atoms with Crippen LogP contribution in [0.15, 0.2) is 152 Å². The van der Waals surface area contributed by atoms with E-state index in [1.807, 2.05) is 24.3 Å². The Balaban J connectivity index is 1.09. The maximum absolute atomic E-state index is 6.23. The fourth-order valence-electron chi connectivity index (χ4n) is 7.48. The summed E-state index contributed by atoms with van der Waals surface area (Å²) in [5.41, 5.74) is 8.51. The van der Waals surface area contributed by atoms with Gasteiger partial charge in [0, 0.05) is 32.8 Å². The van der Waals surface area contributed by atoms with Crippen molar-refractivity contribution in [3.05, 3.63) is 161 Å². The molecule has 0 bridgehead atoms. The summed E-state index contributed by atoms with van der Waals surface area (Å²) in [4.78, 5) is 10.5. The molecule has 0 fully saturated rings. The molecule has 0 amide bonds. The molecule has 0 spiro atoms. The van der Waals surface area contributed by atoms with Crippen LogP contribution in [0.4, 0.5) is 0 Å². The molecule has 10 rings (SSSR count).